The molecule has 1 fully saturated rings. The second-order valence-corrected chi connectivity index (χ2v) is 8.76. The molecule has 1 aliphatic heterocycles. The van der Waals surface area contributed by atoms with Crippen molar-refractivity contribution < 1.29 is 4.79 Å². The summed E-state index contributed by atoms with van der Waals surface area (Å²) in [6.07, 6.45) is 6.43. The molecular weight excluding hydrogens is 342 g/mol. The Labute approximate surface area is 159 Å². The van der Waals surface area contributed by atoms with E-state index in [-0.39, 0.29) is 5.91 Å². The van der Waals surface area contributed by atoms with Crippen molar-refractivity contribution in [1.82, 2.24) is 15.2 Å². The standard InChI is InChI=1S/C21H27N3OS/c1-14-20(26-15(2)23-14)21(25)22-13-16-6-7-17-8-10-24(19-4-3-5-19)11-9-18(17)12-16/h6-7,12,19H,3-5,8-11,13H2,1-2H3,(H,22,25). The molecule has 0 saturated heterocycles. The van der Waals surface area contributed by atoms with Gasteiger partial charge in [0.25, 0.3) is 5.91 Å². The number of hydrogen-bond acceptors (Lipinski definition) is 4. The van der Waals surface area contributed by atoms with Gasteiger partial charge < -0.3 is 5.32 Å². The van der Waals surface area contributed by atoms with E-state index in [1.54, 1.807) is 0 Å². The number of carbonyl (C=O) groups is 1. The fraction of sp³-hybridized carbons (Fsp3) is 0.524. The highest BCUT2D eigenvalue weighted by atomic mass is 32.1. The molecule has 4 nitrogen and oxygen atoms in total. The Morgan fingerprint density at radius 3 is 2.65 bits per heavy atom. The van der Waals surface area contributed by atoms with Crippen LogP contribution >= 0.6 is 11.3 Å². The molecule has 1 aromatic heterocycles. The monoisotopic (exact) mass is 369 g/mol. The van der Waals surface area contributed by atoms with Crippen LogP contribution in [0.5, 0.6) is 0 Å². The minimum atomic E-state index is -0.0146. The molecule has 2 heterocycles. The molecule has 0 spiro atoms. The van der Waals surface area contributed by atoms with Crippen molar-refractivity contribution in [2.45, 2.75) is 58.5 Å². The zero-order chi connectivity index (χ0) is 18.1. The molecule has 0 bridgehead atoms. The fourth-order valence-corrected chi connectivity index (χ4v) is 4.86. The summed E-state index contributed by atoms with van der Waals surface area (Å²) in [6, 6.07) is 7.56. The van der Waals surface area contributed by atoms with Crippen molar-refractivity contribution >= 4 is 17.2 Å². The maximum absolute atomic E-state index is 12.4. The number of fused-ring (bicyclic) bond motifs is 1. The summed E-state index contributed by atoms with van der Waals surface area (Å²) in [5.41, 5.74) is 4.95. The van der Waals surface area contributed by atoms with Gasteiger partial charge in [0, 0.05) is 25.7 Å². The van der Waals surface area contributed by atoms with Crippen LogP contribution in [0.1, 0.15) is 56.3 Å². The summed E-state index contributed by atoms with van der Waals surface area (Å²) >= 11 is 1.47. The topological polar surface area (TPSA) is 45.2 Å². The molecule has 0 atom stereocenters. The van der Waals surface area contributed by atoms with Crippen molar-refractivity contribution in [3.05, 3.63) is 50.5 Å². The highest BCUT2D eigenvalue weighted by molar-refractivity contribution is 7.13. The third-order valence-corrected chi connectivity index (χ3v) is 6.83. The molecule has 1 aliphatic carbocycles. The highest BCUT2D eigenvalue weighted by Crippen LogP contribution is 2.27. The minimum Gasteiger partial charge on any atom is -0.347 e. The molecule has 2 aliphatic rings. The van der Waals surface area contributed by atoms with Gasteiger partial charge in [0.2, 0.25) is 0 Å². The van der Waals surface area contributed by atoms with E-state index in [2.05, 4.69) is 33.4 Å². The molecule has 5 heteroatoms. The molecule has 1 amide bonds. The Morgan fingerprint density at radius 2 is 2.00 bits per heavy atom. The molecule has 4 rings (SSSR count). The van der Waals surface area contributed by atoms with Crippen LogP contribution in [0.2, 0.25) is 0 Å². The first-order valence-corrected chi connectivity index (χ1v) is 10.5. The van der Waals surface area contributed by atoms with Crippen LogP contribution in [-0.2, 0) is 19.4 Å². The van der Waals surface area contributed by atoms with Crippen molar-refractivity contribution in [2.75, 3.05) is 13.1 Å². The zero-order valence-electron chi connectivity index (χ0n) is 15.7. The summed E-state index contributed by atoms with van der Waals surface area (Å²) in [6.45, 7) is 6.78. The van der Waals surface area contributed by atoms with E-state index in [0.717, 1.165) is 34.5 Å². The third-order valence-electron chi connectivity index (χ3n) is 5.76. The Hall–Kier alpha value is -1.72. The van der Waals surface area contributed by atoms with Gasteiger partial charge in [0.05, 0.1) is 10.7 Å². The Bertz CT molecular complexity index is 810. The molecule has 0 radical (unpaired) electrons. The number of thiazole rings is 1. The Morgan fingerprint density at radius 1 is 1.23 bits per heavy atom. The highest BCUT2D eigenvalue weighted by Gasteiger charge is 2.26. The lowest BCUT2D eigenvalue weighted by Gasteiger charge is -2.36. The zero-order valence-corrected chi connectivity index (χ0v) is 16.5. The summed E-state index contributed by atoms with van der Waals surface area (Å²) in [4.78, 5) is 20.2. The number of aryl methyl sites for hydroxylation is 2. The predicted octanol–water partition coefficient (Wildman–Crippen LogP) is 3.64. The number of nitrogens with one attached hydrogen (secondary N) is 1. The van der Waals surface area contributed by atoms with Crippen LogP contribution in [0, 0.1) is 13.8 Å². The minimum absolute atomic E-state index is 0.0146. The largest absolute Gasteiger partial charge is 0.347 e. The summed E-state index contributed by atoms with van der Waals surface area (Å²) in [5, 5.41) is 4.00. The maximum atomic E-state index is 12.4. The first-order chi connectivity index (χ1) is 12.6. The average Bonchev–Trinajstić information content (AvgIpc) is 2.79. The first kappa shape index (κ1) is 17.7. The van der Waals surface area contributed by atoms with Crippen molar-refractivity contribution in [1.29, 1.82) is 0 Å². The van der Waals surface area contributed by atoms with Crippen LogP contribution in [0.15, 0.2) is 18.2 Å². The molecule has 0 unspecified atom stereocenters. The van der Waals surface area contributed by atoms with Gasteiger partial charge in [-0.3, -0.25) is 9.69 Å². The molecule has 2 aromatic rings. The van der Waals surface area contributed by atoms with Crippen LogP contribution in [0.4, 0.5) is 0 Å². The van der Waals surface area contributed by atoms with Crippen LogP contribution < -0.4 is 5.32 Å². The number of benzene rings is 1. The summed E-state index contributed by atoms with van der Waals surface area (Å²) in [5.74, 6) is -0.0146. The molecule has 1 N–H and O–H groups in total. The number of carbonyl (C=O) groups excluding carboxylic acids is 1. The smallest absolute Gasteiger partial charge is 0.263 e. The van der Waals surface area contributed by atoms with E-state index < -0.39 is 0 Å². The normalized spacial score (nSPS) is 18.1. The maximum Gasteiger partial charge on any atom is 0.263 e. The molecule has 138 valence electrons. The van der Waals surface area contributed by atoms with Crippen LogP contribution in [0.3, 0.4) is 0 Å². The van der Waals surface area contributed by atoms with E-state index in [9.17, 15) is 4.79 Å². The van der Waals surface area contributed by atoms with Gasteiger partial charge in [0.1, 0.15) is 4.88 Å². The lowest BCUT2D eigenvalue weighted by Crippen LogP contribution is -2.41. The first-order valence-electron chi connectivity index (χ1n) is 9.67. The van der Waals surface area contributed by atoms with Crippen LogP contribution in [0.25, 0.3) is 0 Å². The quantitative estimate of drug-likeness (QED) is 0.895. The van der Waals surface area contributed by atoms with Crippen molar-refractivity contribution in [3.8, 4) is 0 Å². The van der Waals surface area contributed by atoms with Gasteiger partial charge in [-0.05, 0) is 56.2 Å². The van der Waals surface area contributed by atoms with Gasteiger partial charge >= 0.3 is 0 Å². The number of rotatable bonds is 4. The predicted molar refractivity (Wildman–Crippen MR) is 106 cm³/mol. The second kappa shape index (κ2) is 7.49. The number of nitrogens with zero attached hydrogens (tertiary/aromatic N) is 2. The van der Waals surface area contributed by atoms with E-state index in [1.165, 1.54) is 60.4 Å². The molecule has 26 heavy (non-hydrogen) atoms. The number of aromatic nitrogens is 1. The number of amides is 1. The Balaban J connectivity index is 1.39. The van der Waals surface area contributed by atoms with Gasteiger partial charge in [-0.15, -0.1) is 11.3 Å². The van der Waals surface area contributed by atoms with E-state index in [1.807, 2.05) is 13.8 Å². The van der Waals surface area contributed by atoms with Gasteiger partial charge in [-0.25, -0.2) is 4.98 Å². The van der Waals surface area contributed by atoms with Crippen molar-refractivity contribution in [2.24, 2.45) is 0 Å². The molecular formula is C21H27N3OS. The average molecular weight is 370 g/mol. The van der Waals surface area contributed by atoms with Crippen molar-refractivity contribution in [3.63, 3.8) is 0 Å². The van der Waals surface area contributed by atoms with Crippen LogP contribution in [-0.4, -0.2) is 34.9 Å². The molecule has 1 aromatic carbocycles. The number of hydrogen-bond donors (Lipinski definition) is 1. The van der Waals surface area contributed by atoms with E-state index >= 15 is 0 Å². The Kier molecular flexibility index (Phi) is 5.09. The third kappa shape index (κ3) is 3.69. The SMILES string of the molecule is Cc1nc(C)c(C(=O)NCc2ccc3c(c2)CCN(C2CCC2)CC3)s1. The lowest BCUT2D eigenvalue weighted by molar-refractivity contribution is 0.0954. The van der Waals surface area contributed by atoms with Gasteiger partial charge in [-0.1, -0.05) is 24.6 Å². The molecule has 1 saturated carbocycles. The fourth-order valence-electron chi connectivity index (χ4n) is 4.03. The van der Waals surface area contributed by atoms with E-state index in [4.69, 9.17) is 0 Å². The summed E-state index contributed by atoms with van der Waals surface area (Å²) < 4.78 is 0. The van der Waals surface area contributed by atoms with Gasteiger partial charge in [-0.2, -0.15) is 0 Å². The lowest BCUT2D eigenvalue weighted by atomic mass is 9.91. The second-order valence-electron chi connectivity index (χ2n) is 7.55. The van der Waals surface area contributed by atoms with Gasteiger partial charge in [0.15, 0.2) is 0 Å². The summed E-state index contributed by atoms with van der Waals surface area (Å²) in [7, 11) is 0. The van der Waals surface area contributed by atoms with E-state index in [0.29, 0.717) is 6.54 Å².